The third-order valence-corrected chi connectivity index (χ3v) is 4.84. The molecule has 32 heavy (non-hydrogen) atoms. The molecule has 0 aliphatic rings. The van der Waals surface area contributed by atoms with Crippen LogP contribution in [0.4, 0.5) is 13.2 Å². The van der Waals surface area contributed by atoms with Gasteiger partial charge < -0.3 is 9.64 Å². The van der Waals surface area contributed by atoms with Crippen LogP contribution >= 0.6 is 0 Å². The van der Waals surface area contributed by atoms with Crippen molar-refractivity contribution in [3.05, 3.63) is 78.0 Å². The van der Waals surface area contributed by atoms with E-state index in [1.807, 2.05) is 0 Å². The summed E-state index contributed by atoms with van der Waals surface area (Å²) in [6, 6.07) is 9.71. The molecule has 0 saturated carbocycles. The second-order valence-electron chi connectivity index (χ2n) is 7.43. The number of aromatic amines is 1. The van der Waals surface area contributed by atoms with Crippen molar-refractivity contribution < 1.29 is 22.7 Å². The van der Waals surface area contributed by atoms with Crippen molar-refractivity contribution >= 4 is 16.8 Å². The van der Waals surface area contributed by atoms with Gasteiger partial charge in [0.15, 0.2) is 0 Å². The molecular formula is C23H19F3N4O2. The zero-order valence-corrected chi connectivity index (χ0v) is 17.3. The first kappa shape index (κ1) is 21.4. The quantitative estimate of drug-likeness (QED) is 0.457. The maximum atomic E-state index is 13.7. The van der Waals surface area contributed by atoms with Crippen molar-refractivity contribution in [2.24, 2.45) is 0 Å². The molecule has 1 amide bonds. The minimum Gasteiger partial charge on any atom is -0.432 e. The summed E-state index contributed by atoms with van der Waals surface area (Å²) >= 11 is 0. The fourth-order valence-corrected chi connectivity index (χ4v) is 3.42. The first-order valence-electron chi connectivity index (χ1n) is 9.69. The number of nitrogens with zero attached hydrogens (tertiary/aromatic N) is 3. The molecule has 4 rings (SSSR count). The Balaban J connectivity index is 1.66. The van der Waals surface area contributed by atoms with Gasteiger partial charge in [-0.1, -0.05) is 12.1 Å². The van der Waals surface area contributed by atoms with E-state index < -0.39 is 17.8 Å². The van der Waals surface area contributed by atoms with Crippen LogP contribution in [0.5, 0.6) is 5.75 Å². The molecule has 0 spiro atoms. The molecule has 4 aromatic rings. The average molecular weight is 440 g/mol. The Hall–Kier alpha value is -3.88. The van der Waals surface area contributed by atoms with Gasteiger partial charge >= 0.3 is 6.11 Å². The summed E-state index contributed by atoms with van der Waals surface area (Å²) in [7, 11) is 1.59. The molecule has 0 saturated heterocycles. The molecule has 1 N–H and O–H groups in total. The number of nitrogens with one attached hydrogen (secondary N) is 1. The number of hydrogen-bond donors (Lipinski definition) is 1. The molecule has 9 heteroatoms. The van der Waals surface area contributed by atoms with Crippen molar-refractivity contribution in [2.45, 2.75) is 19.6 Å². The molecular weight excluding hydrogens is 421 g/mol. The van der Waals surface area contributed by atoms with Crippen LogP contribution in [0.15, 0.2) is 61.1 Å². The molecule has 0 radical (unpaired) electrons. The van der Waals surface area contributed by atoms with E-state index in [0.717, 1.165) is 16.5 Å². The number of H-pyrrole nitrogens is 1. The van der Waals surface area contributed by atoms with Crippen LogP contribution in [-0.2, 0) is 6.54 Å². The summed E-state index contributed by atoms with van der Waals surface area (Å²) in [6.07, 6.45) is 1.43. The number of amides is 1. The van der Waals surface area contributed by atoms with Gasteiger partial charge in [-0.15, -0.1) is 0 Å². The summed E-state index contributed by atoms with van der Waals surface area (Å²) in [6.45, 7) is 0.818. The van der Waals surface area contributed by atoms with E-state index >= 15 is 0 Å². The lowest BCUT2D eigenvalue weighted by molar-refractivity contribution is -0.158. The van der Waals surface area contributed by atoms with Gasteiger partial charge in [-0.2, -0.15) is 13.9 Å². The van der Waals surface area contributed by atoms with Gasteiger partial charge in [0.05, 0.1) is 11.7 Å². The number of aromatic nitrogens is 3. The maximum absolute atomic E-state index is 13.7. The van der Waals surface area contributed by atoms with Gasteiger partial charge in [-0.25, -0.2) is 4.39 Å². The van der Waals surface area contributed by atoms with Gasteiger partial charge in [0.2, 0.25) is 0 Å². The molecule has 6 nitrogen and oxygen atoms in total. The second-order valence-corrected chi connectivity index (χ2v) is 7.43. The second kappa shape index (κ2) is 8.33. The lowest BCUT2D eigenvalue weighted by Crippen LogP contribution is -2.26. The number of carbonyl (C=O) groups excluding carboxylic acids is 1. The summed E-state index contributed by atoms with van der Waals surface area (Å²) in [4.78, 5) is 18.6. The number of benzene rings is 2. The number of pyridine rings is 1. The molecule has 2 aromatic carbocycles. The first-order chi connectivity index (χ1) is 15.2. The standard InChI is InChI=1S/C23H19F3N4O2/c1-23(25,26)32-20-9-15(6-7-19(20)14-4-3-5-18(24)8-14)22(31)30(2)13-17-11-27-10-16-12-28-29-21(16)17/h3-12H,13H2,1-2H3,(H,28,29). The van der Waals surface area contributed by atoms with E-state index in [-0.39, 0.29) is 23.4 Å². The van der Waals surface area contributed by atoms with Crippen LogP contribution in [-0.4, -0.2) is 39.1 Å². The number of carbonyl (C=O) groups is 1. The number of halogens is 3. The average Bonchev–Trinajstić information content (AvgIpc) is 3.22. The summed E-state index contributed by atoms with van der Waals surface area (Å²) in [5.41, 5.74) is 2.27. The van der Waals surface area contributed by atoms with Crippen molar-refractivity contribution in [3.63, 3.8) is 0 Å². The number of alkyl halides is 2. The SMILES string of the molecule is CN(Cc1cncc2cn[nH]c12)C(=O)c1ccc(-c2cccc(F)c2)c(OC(C)(F)F)c1. The number of fused-ring (bicyclic) bond motifs is 1. The highest BCUT2D eigenvalue weighted by Gasteiger charge is 2.26. The third-order valence-electron chi connectivity index (χ3n) is 4.84. The Bertz CT molecular complexity index is 1280. The minimum atomic E-state index is -3.49. The molecule has 0 aliphatic heterocycles. The number of hydrogen-bond acceptors (Lipinski definition) is 4. The van der Waals surface area contributed by atoms with Gasteiger partial charge in [0, 0.05) is 55.0 Å². The van der Waals surface area contributed by atoms with Crippen LogP contribution < -0.4 is 4.74 Å². The monoisotopic (exact) mass is 440 g/mol. The van der Waals surface area contributed by atoms with Crippen molar-refractivity contribution in [1.29, 1.82) is 0 Å². The number of rotatable bonds is 6. The van der Waals surface area contributed by atoms with Crippen molar-refractivity contribution in [3.8, 4) is 16.9 Å². The first-order valence-corrected chi connectivity index (χ1v) is 9.69. The predicted octanol–water partition coefficient (Wildman–Crippen LogP) is 5.03. The van der Waals surface area contributed by atoms with Crippen LogP contribution in [0, 0.1) is 5.82 Å². The predicted molar refractivity (Wildman–Crippen MR) is 113 cm³/mol. The van der Waals surface area contributed by atoms with Gasteiger partial charge in [-0.3, -0.25) is 14.9 Å². The molecule has 0 unspecified atom stereocenters. The summed E-state index contributed by atoms with van der Waals surface area (Å²) < 4.78 is 45.8. The maximum Gasteiger partial charge on any atom is 0.394 e. The van der Waals surface area contributed by atoms with Gasteiger partial charge in [0.1, 0.15) is 11.6 Å². The van der Waals surface area contributed by atoms with Crippen molar-refractivity contribution in [1.82, 2.24) is 20.1 Å². The number of ether oxygens (including phenoxy) is 1. The van der Waals surface area contributed by atoms with E-state index in [9.17, 15) is 18.0 Å². The highest BCUT2D eigenvalue weighted by atomic mass is 19.3. The lowest BCUT2D eigenvalue weighted by Gasteiger charge is -2.20. The Kier molecular flexibility index (Phi) is 5.56. The van der Waals surface area contributed by atoms with E-state index in [1.165, 1.54) is 41.3 Å². The highest BCUT2D eigenvalue weighted by molar-refractivity contribution is 5.95. The smallest absolute Gasteiger partial charge is 0.394 e. The van der Waals surface area contributed by atoms with Crippen LogP contribution in [0.25, 0.3) is 22.0 Å². The Morgan fingerprint density at radius 2 is 1.97 bits per heavy atom. The minimum absolute atomic E-state index is 0.150. The molecule has 0 aliphatic carbocycles. The van der Waals surface area contributed by atoms with Crippen molar-refractivity contribution in [2.75, 3.05) is 7.05 Å². The molecule has 164 valence electrons. The van der Waals surface area contributed by atoms with E-state index in [2.05, 4.69) is 15.2 Å². The molecule has 0 fully saturated rings. The van der Waals surface area contributed by atoms with Gasteiger partial charge in [0.25, 0.3) is 5.91 Å². The molecule has 2 aromatic heterocycles. The van der Waals surface area contributed by atoms with Gasteiger partial charge in [-0.05, 0) is 35.9 Å². The topological polar surface area (TPSA) is 71.1 Å². The summed E-state index contributed by atoms with van der Waals surface area (Å²) in [5.74, 6) is -1.14. The Morgan fingerprint density at radius 3 is 2.72 bits per heavy atom. The van der Waals surface area contributed by atoms with Crippen LogP contribution in [0.1, 0.15) is 22.8 Å². The zero-order valence-electron chi connectivity index (χ0n) is 17.3. The molecule has 0 atom stereocenters. The Morgan fingerprint density at radius 1 is 1.16 bits per heavy atom. The molecule has 2 heterocycles. The summed E-state index contributed by atoms with van der Waals surface area (Å²) in [5, 5.41) is 7.66. The zero-order chi connectivity index (χ0) is 22.9. The fourth-order valence-electron chi connectivity index (χ4n) is 3.42. The van der Waals surface area contributed by atoms with Crippen LogP contribution in [0.2, 0.25) is 0 Å². The Labute approximate surface area is 181 Å². The van der Waals surface area contributed by atoms with E-state index in [4.69, 9.17) is 4.74 Å². The van der Waals surface area contributed by atoms with Crippen LogP contribution in [0.3, 0.4) is 0 Å². The largest absolute Gasteiger partial charge is 0.432 e. The molecule has 0 bridgehead atoms. The fraction of sp³-hybridized carbons (Fsp3) is 0.174. The lowest BCUT2D eigenvalue weighted by atomic mass is 10.0. The van der Waals surface area contributed by atoms with E-state index in [0.29, 0.717) is 12.5 Å². The highest BCUT2D eigenvalue weighted by Crippen LogP contribution is 2.35. The normalized spacial score (nSPS) is 11.5. The third kappa shape index (κ3) is 4.56. The van der Waals surface area contributed by atoms with E-state index in [1.54, 1.807) is 31.7 Å².